The number of rotatable bonds is 35. The van der Waals surface area contributed by atoms with Crippen molar-refractivity contribution in [3.05, 3.63) is 85.1 Å². The minimum Gasteiger partial charge on any atom is -0.462 e. The van der Waals surface area contributed by atoms with E-state index in [0.717, 1.165) is 89.9 Å². The molecule has 0 aromatic rings. The number of allylic oxidation sites excluding steroid dienone is 14. The van der Waals surface area contributed by atoms with Crippen molar-refractivity contribution in [3.63, 3.8) is 0 Å². The van der Waals surface area contributed by atoms with Crippen LogP contribution in [-0.4, -0.2) is 41.0 Å². The second-order valence-electron chi connectivity index (χ2n) is 12.9. The van der Waals surface area contributed by atoms with Crippen LogP contribution < -0.4 is 0 Å². The largest absolute Gasteiger partial charge is 0.469 e. The Labute approximate surface area is 316 Å². The Hall–Kier alpha value is -2.77. The molecule has 0 saturated carbocycles. The van der Waals surface area contributed by atoms with E-state index in [1.807, 2.05) is 0 Å². The van der Waals surface area contributed by atoms with E-state index >= 15 is 0 Å². The third-order valence-corrected chi connectivity index (χ3v) is 8.38. The van der Waals surface area contributed by atoms with Gasteiger partial charge in [-0.25, -0.2) is 4.57 Å². The molecule has 0 fully saturated rings. The van der Waals surface area contributed by atoms with E-state index in [1.54, 1.807) is 0 Å². The zero-order chi connectivity index (χ0) is 38.2. The quantitative estimate of drug-likeness (QED) is 0.0285. The number of unbranched alkanes of at least 4 members (excludes halogenated alkanes) is 11. The van der Waals surface area contributed by atoms with E-state index < -0.39 is 32.5 Å². The van der Waals surface area contributed by atoms with Gasteiger partial charge in [-0.2, -0.15) is 0 Å². The van der Waals surface area contributed by atoms with E-state index in [1.165, 1.54) is 25.7 Å². The van der Waals surface area contributed by atoms with Crippen molar-refractivity contribution >= 4 is 19.8 Å². The predicted molar refractivity (Wildman–Crippen MR) is 216 cm³/mol. The van der Waals surface area contributed by atoms with Crippen molar-refractivity contribution in [2.24, 2.45) is 0 Å². The Kier molecular flexibility index (Phi) is 35.9. The molecule has 0 aromatic carbocycles. The van der Waals surface area contributed by atoms with Crippen molar-refractivity contribution in [1.82, 2.24) is 0 Å². The monoisotopic (exact) mass is 746 g/mol. The molecular weight excluding hydrogens is 675 g/mol. The first-order valence-corrected chi connectivity index (χ1v) is 21.4. The van der Waals surface area contributed by atoms with E-state index in [-0.39, 0.29) is 19.4 Å². The number of carbonyl (C=O) groups is 2. The lowest BCUT2D eigenvalue weighted by Crippen LogP contribution is -2.29. The molecule has 0 heterocycles. The van der Waals surface area contributed by atoms with Gasteiger partial charge < -0.3 is 19.3 Å². The van der Waals surface area contributed by atoms with Gasteiger partial charge in [0.25, 0.3) is 0 Å². The lowest BCUT2D eigenvalue weighted by molar-refractivity contribution is -0.161. The summed E-state index contributed by atoms with van der Waals surface area (Å²) < 4.78 is 26.3. The smallest absolute Gasteiger partial charge is 0.462 e. The molecular formula is C43H71O8P. The number of hydrogen-bond donors (Lipinski definition) is 2. The Bertz CT molecular complexity index is 1110. The lowest BCUT2D eigenvalue weighted by atomic mass is 10.1. The Morgan fingerprint density at radius 1 is 0.519 bits per heavy atom. The maximum atomic E-state index is 12.4. The standard InChI is InChI=1S/C43H71O8P/c1-3-5-7-9-11-13-15-17-19-20-21-22-24-25-27-29-31-33-35-37-42(44)49-39-41(40-50-52(46,47)48)51-43(45)38-36-34-32-30-28-26-23-18-16-14-12-10-8-6-4-2/h6,8,11-14,17-19,21-23,25,27,41H,3-5,7,9-10,15-16,20,24,26,28-40H2,1-2H3,(H2,46,47,48)/b8-6+,13-11+,14-12+,19-17+,22-21+,23-18+,27-25+/t41-/m1/s1. The molecule has 0 unspecified atom stereocenters. The van der Waals surface area contributed by atoms with Crippen LogP contribution >= 0.6 is 7.82 Å². The van der Waals surface area contributed by atoms with E-state index in [9.17, 15) is 14.2 Å². The Morgan fingerprint density at radius 3 is 1.40 bits per heavy atom. The molecule has 1 atom stereocenters. The Balaban J connectivity index is 4.06. The molecule has 0 aliphatic carbocycles. The van der Waals surface area contributed by atoms with Crippen LogP contribution in [0.4, 0.5) is 0 Å². The third kappa shape index (κ3) is 40.0. The third-order valence-electron chi connectivity index (χ3n) is 7.90. The number of carbonyl (C=O) groups excluding carboxylic acids is 2. The molecule has 0 bridgehead atoms. The van der Waals surface area contributed by atoms with Crippen LogP contribution in [0.2, 0.25) is 0 Å². The fraction of sp³-hybridized carbons (Fsp3) is 0.628. The summed E-state index contributed by atoms with van der Waals surface area (Å²) in [6.45, 7) is 3.48. The van der Waals surface area contributed by atoms with Crippen LogP contribution in [0, 0.1) is 0 Å². The average Bonchev–Trinajstić information content (AvgIpc) is 3.11. The van der Waals surface area contributed by atoms with E-state index in [0.29, 0.717) is 12.8 Å². The summed E-state index contributed by atoms with van der Waals surface area (Å²) in [4.78, 5) is 42.8. The number of hydrogen-bond acceptors (Lipinski definition) is 6. The molecule has 0 radical (unpaired) electrons. The van der Waals surface area contributed by atoms with Crippen LogP contribution in [-0.2, 0) is 28.2 Å². The molecule has 2 N–H and O–H groups in total. The molecule has 0 amide bonds. The number of esters is 2. The first-order valence-electron chi connectivity index (χ1n) is 19.9. The van der Waals surface area contributed by atoms with Gasteiger partial charge in [0, 0.05) is 12.8 Å². The molecule has 0 spiro atoms. The first kappa shape index (κ1) is 49.2. The maximum Gasteiger partial charge on any atom is 0.469 e. The SMILES string of the molecule is CC/C=C/C/C=C/C/C=C/CCCCCCCC(=O)O[C@H](COC(=O)CCCCC/C=C/C/C=C/C/C=C/C/C=C/CCCCC)COP(=O)(O)O. The molecule has 0 rings (SSSR count). The highest BCUT2D eigenvalue weighted by Gasteiger charge is 2.22. The highest BCUT2D eigenvalue weighted by molar-refractivity contribution is 7.46. The first-order chi connectivity index (χ1) is 25.3. The number of ether oxygens (including phenoxy) is 2. The second-order valence-corrected chi connectivity index (χ2v) is 14.1. The topological polar surface area (TPSA) is 119 Å². The van der Waals surface area contributed by atoms with E-state index in [2.05, 4.69) is 103 Å². The second kappa shape index (κ2) is 38.0. The van der Waals surface area contributed by atoms with Crippen molar-refractivity contribution in [1.29, 1.82) is 0 Å². The van der Waals surface area contributed by atoms with Gasteiger partial charge in [0.15, 0.2) is 6.10 Å². The molecule has 9 heteroatoms. The van der Waals surface area contributed by atoms with Gasteiger partial charge in [-0.3, -0.25) is 14.1 Å². The van der Waals surface area contributed by atoms with Gasteiger partial charge in [0.05, 0.1) is 6.61 Å². The highest BCUT2D eigenvalue weighted by Crippen LogP contribution is 2.36. The van der Waals surface area contributed by atoms with Crippen molar-refractivity contribution in [2.75, 3.05) is 13.2 Å². The van der Waals surface area contributed by atoms with Gasteiger partial charge in [-0.15, -0.1) is 0 Å². The van der Waals surface area contributed by atoms with E-state index in [4.69, 9.17) is 19.3 Å². The van der Waals surface area contributed by atoms with Crippen LogP contribution in [0.15, 0.2) is 85.1 Å². The normalized spacial score (nSPS) is 13.4. The van der Waals surface area contributed by atoms with Gasteiger partial charge in [0.2, 0.25) is 0 Å². The van der Waals surface area contributed by atoms with Crippen LogP contribution in [0.25, 0.3) is 0 Å². The van der Waals surface area contributed by atoms with Crippen molar-refractivity contribution in [3.8, 4) is 0 Å². The lowest BCUT2D eigenvalue weighted by Gasteiger charge is -2.18. The van der Waals surface area contributed by atoms with Crippen LogP contribution in [0.3, 0.4) is 0 Å². The van der Waals surface area contributed by atoms with Gasteiger partial charge >= 0.3 is 19.8 Å². The molecule has 0 saturated heterocycles. The minimum atomic E-state index is -4.77. The van der Waals surface area contributed by atoms with Crippen LogP contribution in [0.1, 0.15) is 155 Å². The molecule has 0 aliphatic heterocycles. The fourth-order valence-electron chi connectivity index (χ4n) is 4.96. The zero-order valence-corrected chi connectivity index (χ0v) is 33.3. The summed E-state index contributed by atoms with van der Waals surface area (Å²) in [7, 11) is -4.77. The molecule has 296 valence electrons. The molecule has 52 heavy (non-hydrogen) atoms. The molecule has 0 aliphatic rings. The summed E-state index contributed by atoms with van der Waals surface area (Å²) in [5.74, 6) is -0.950. The Morgan fingerprint density at radius 2 is 0.923 bits per heavy atom. The highest BCUT2D eigenvalue weighted by atomic mass is 31.2. The minimum absolute atomic E-state index is 0.180. The van der Waals surface area contributed by atoms with Crippen molar-refractivity contribution < 1.29 is 37.9 Å². The van der Waals surface area contributed by atoms with Crippen molar-refractivity contribution in [2.45, 2.75) is 161 Å². The van der Waals surface area contributed by atoms with Gasteiger partial charge in [-0.1, -0.05) is 137 Å². The van der Waals surface area contributed by atoms with Gasteiger partial charge in [-0.05, 0) is 89.9 Å². The summed E-state index contributed by atoms with van der Waals surface area (Å²) in [6, 6.07) is 0. The fourth-order valence-corrected chi connectivity index (χ4v) is 5.32. The molecule has 0 aromatic heterocycles. The summed E-state index contributed by atoms with van der Waals surface area (Å²) in [5.41, 5.74) is 0. The maximum absolute atomic E-state index is 12.4. The molecule has 8 nitrogen and oxygen atoms in total. The summed E-state index contributed by atoms with van der Waals surface area (Å²) in [5, 5.41) is 0. The number of phosphoric ester groups is 1. The average molecular weight is 747 g/mol. The number of phosphoric acid groups is 1. The summed E-state index contributed by atoms with van der Waals surface area (Å²) in [6.07, 6.45) is 50.1. The zero-order valence-electron chi connectivity index (χ0n) is 32.4. The predicted octanol–water partition coefficient (Wildman–Crippen LogP) is 12.1. The summed E-state index contributed by atoms with van der Waals surface area (Å²) >= 11 is 0. The van der Waals surface area contributed by atoms with Gasteiger partial charge in [0.1, 0.15) is 6.61 Å². The van der Waals surface area contributed by atoms with Crippen LogP contribution in [0.5, 0.6) is 0 Å².